The van der Waals surface area contributed by atoms with Crippen molar-refractivity contribution in [2.24, 2.45) is 0 Å². The molecule has 0 saturated carbocycles. The molecule has 0 bridgehead atoms. The van der Waals surface area contributed by atoms with Gasteiger partial charge < -0.3 is 9.80 Å². The van der Waals surface area contributed by atoms with Gasteiger partial charge in [0.05, 0.1) is 12.8 Å². The Hall–Kier alpha value is -2.33. The fourth-order valence-corrected chi connectivity index (χ4v) is 4.24. The highest BCUT2D eigenvalue weighted by Gasteiger charge is 2.24. The molecule has 0 spiro atoms. The van der Waals surface area contributed by atoms with E-state index in [0.29, 0.717) is 44.0 Å². The molecule has 2 amide bonds. The molecule has 1 saturated heterocycles. The molecule has 1 fully saturated rings. The van der Waals surface area contributed by atoms with Crippen LogP contribution in [0.3, 0.4) is 0 Å². The van der Waals surface area contributed by atoms with E-state index in [1.807, 2.05) is 21.9 Å². The van der Waals surface area contributed by atoms with Crippen LogP contribution in [0.4, 0.5) is 0 Å². The largest absolute Gasteiger partial charge is 0.339 e. The molecule has 5 heteroatoms. The van der Waals surface area contributed by atoms with Crippen LogP contribution in [0.15, 0.2) is 42.5 Å². The summed E-state index contributed by atoms with van der Waals surface area (Å²) in [5.74, 6) is 0.260. The van der Waals surface area contributed by atoms with E-state index in [0.717, 1.165) is 24.0 Å². The lowest BCUT2D eigenvalue weighted by Crippen LogP contribution is -2.51. The zero-order valence-electron chi connectivity index (χ0n) is 16.0. The van der Waals surface area contributed by atoms with Crippen LogP contribution in [0.1, 0.15) is 28.7 Å². The van der Waals surface area contributed by atoms with E-state index in [2.05, 4.69) is 18.2 Å². The Morgan fingerprint density at radius 1 is 0.750 bits per heavy atom. The van der Waals surface area contributed by atoms with Gasteiger partial charge in [0, 0.05) is 31.2 Å². The van der Waals surface area contributed by atoms with E-state index in [-0.39, 0.29) is 11.8 Å². The normalized spacial score (nSPS) is 16.2. The smallest absolute Gasteiger partial charge is 0.227 e. The van der Waals surface area contributed by atoms with Crippen LogP contribution >= 0.6 is 11.6 Å². The number of hydrogen-bond acceptors (Lipinski definition) is 2. The number of benzene rings is 2. The Bertz CT molecular complexity index is 871. The highest BCUT2D eigenvalue weighted by atomic mass is 35.5. The second-order valence-electron chi connectivity index (χ2n) is 7.70. The molecule has 0 N–H and O–H groups in total. The first-order valence-corrected chi connectivity index (χ1v) is 10.4. The third kappa shape index (κ3) is 4.39. The summed E-state index contributed by atoms with van der Waals surface area (Å²) in [7, 11) is 0. The lowest BCUT2D eigenvalue weighted by molar-refractivity contribution is -0.138. The van der Waals surface area contributed by atoms with Crippen molar-refractivity contribution in [1.82, 2.24) is 9.80 Å². The Labute approximate surface area is 171 Å². The molecule has 1 heterocycles. The van der Waals surface area contributed by atoms with E-state index in [4.69, 9.17) is 11.6 Å². The predicted molar refractivity (Wildman–Crippen MR) is 110 cm³/mol. The molecule has 28 heavy (non-hydrogen) atoms. The average Bonchev–Trinajstić information content (AvgIpc) is 3.17. The van der Waals surface area contributed by atoms with Crippen molar-refractivity contribution in [1.29, 1.82) is 0 Å². The van der Waals surface area contributed by atoms with E-state index in [1.54, 1.807) is 12.1 Å². The number of carbonyl (C=O) groups is 2. The standard InChI is InChI=1S/C23H25ClN2O2/c24-21-8-5-17(6-9-21)15-22(27)25-10-12-26(13-11-25)23(28)16-18-4-7-19-2-1-3-20(19)14-18/h4-9,14H,1-3,10-13,15-16H2. The first-order valence-electron chi connectivity index (χ1n) is 9.99. The minimum Gasteiger partial charge on any atom is -0.339 e. The van der Waals surface area contributed by atoms with Crippen LogP contribution in [0.5, 0.6) is 0 Å². The molecule has 4 rings (SSSR count). The molecular formula is C23H25ClN2O2. The number of nitrogens with zero attached hydrogens (tertiary/aromatic N) is 2. The second kappa shape index (κ2) is 8.36. The first kappa shape index (κ1) is 19.0. The maximum atomic E-state index is 12.7. The summed E-state index contributed by atoms with van der Waals surface area (Å²) in [5, 5.41) is 0.673. The van der Waals surface area contributed by atoms with Gasteiger partial charge in [-0.25, -0.2) is 0 Å². The van der Waals surface area contributed by atoms with E-state index >= 15 is 0 Å². The zero-order valence-corrected chi connectivity index (χ0v) is 16.8. The predicted octanol–water partition coefficient (Wildman–Crippen LogP) is 3.28. The molecule has 1 aliphatic heterocycles. The summed E-state index contributed by atoms with van der Waals surface area (Å²) in [6.07, 6.45) is 4.34. The number of halogens is 1. The summed E-state index contributed by atoms with van der Waals surface area (Å²) in [6, 6.07) is 13.9. The summed E-state index contributed by atoms with van der Waals surface area (Å²) < 4.78 is 0. The van der Waals surface area contributed by atoms with Gasteiger partial charge in [-0.1, -0.05) is 41.9 Å². The number of fused-ring (bicyclic) bond motifs is 1. The van der Waals surface area contributed by atoms with Gasteiger partial charge >= 0.3 is 0 Å². The molecule has 0 aromatic heterocycles. The number of carbonyl (C=O) groups excluding carboxylic acids is 2. The minimum atomic E-state index is 0.105. The number of hydrogen-bond donors (Lipinski definition) is 0. The summed E-state index contributed by atoms with van der Waals surface area (Å²) >= 11 is 5.90. The Morgan fingerprint density at radius 3 is 1.93 bits per heavy atom. The molecule has 2 aromatic rings. The molecule has 4 nitrogen and oxygen atoms in total. The van der Waals surface area contributed by atoms with Crippen LogP contribution in [0.2, 0.25) is 5.02 Å². The lowest BCUT2D eigenvalue weighted by atomic mass is 10.0. The van der Waals surface area contributed by atoms with Crippen molar-refractivity contribution < 1.29 is 9.59 Å². The molecule has 0 unspecified atom stereocenters. The summed E-state index contributed by atoms with van der Waals surface area (Å²) in [4.78, 5) is 28.9. The monoisotopic (exact) mass is 396 g/mol. The Kier molecular flexibility index (Phi) is 5.67. The molecule has 1 aliphatic carbocycles. The minimum absolute atomic E-state index is 0.105. The van der Waals surface area contributed by atoms with Gasteiger partial charge in [-0.3, -0.25) is 9.59 Å². The maximum Gasteiger partial charge on any atom is 0.227 e. The molecule has 2 aliphatic rings. The van der Waals surface area contributed by atoms with Crippen molar-refractivity contribution in [3.8, 4) is 0 Å². The number of amides is 2. The van der Waals surface area contributed by atoms with E-state index in [9.17, 15) is 9.59 Å². The van der Waals surface area contributed by atoms with Crippen LogP contribution < -0.4 is 0 Å². The highest BCUT2D eigenvalue weighted by molar-refractivity contribution is 6.30. The van der Waals surface area contributed by atoms with E-state index < -0.39 is 0 Å². The fourth-order valence-electron chi connectivity index (χ4n) is 4.12. The van der Waals surface area contributed by atoms with E-state index in [1.165, 1.54) is 17.5 Å². The molecular weight excluding hydrogens is 372 g/mol. The maximum absolute atomic E-state index is 12.7. The quantitative estimate of drug-likeness (QED) is 0.795. The van der Waals surface area contributed by atoms with Gasteiger partial charge in [0.1, 0.15) is 0 Å². The number of rotatable bonds is 4. The second-order valence-corrected chi connectivity index (χ2v) is 8.13. The van der Waals surface area contributed by atoms with Crippen molar-refractivity contribution in [3.05, 3.63) is 69.7 Å². The van der Waals surface area contributed by atoms with Crippen LogP contribution in [-0.2, 0) is 35.3 Å². The SMILES string of the molecule is O=C(Cc1ccc(Cl)cc1)N1CCN(C(=O)Cc2ccc3c(c2)CCC3)CC1. The first-order chi connectivity index (χ1) is 13.6. The number of piperazine rings is 1. The zero-order chi connectivity index (χ0) is 19.5. The molecule has 146 valence electrons. The average molecular weight is 397 g/mol. The molecule has 2 aromatic carbocycles. The van der Waals surface area contributed by atoms with Gasteiger partial charge in [0.2, 0.25) is 11.8 Å². The highest BCUT2D eigenvalue weighted by Crippen LogP contribution is 2.23. The van der Waals surface area contributed by atoms with Gasteiger partial charge in [0.25, 0.3) is 0 Å². The summed E-state index contributed by atoms with van der Waals surface area (Å²) in [6.45, 7) is 2.41. The Morgan fingerprint density at radius 2 is 1.29 bits per heavy atom. The van der Waals surface area contributed by atoms with Crippen LogP contribution in [-0.4, -0.2) is 47.8 Å². The van der Waals surface area contributed by atoms with Crippen molar-refractivity contribution in [2.45, 2.75) is 32.1 Å². The van der Waals surface area contributed by atoms with Gasteiger partial charge in [-0.15, -0.1) is 0 Å². The Balaban J connectivity index is 1.28. The molecule has 0 atom stereocenters. The topological polar surface area (TPSA) is 40.6 Å². The van der Waals surface area contributed by atoms with Gasteiger partial charge in [-0.05, 0) is 53.6 Å². The number of aryl methyl sites for hydroxylation is 2. The van der Waals surface area contributed by atoms with Gasteiger partial charge in [0.15, 0.2) is 0 Å². The van der Waals surface area contributed by atoms with Crippen molar-refractivity contribution in [2.75, 3.05) is 26.2 Å². The van der Waals surface area contributed by atoms with Crippen LogP contribution in [0, 0.1) is 0 Å². The van der Waals surface area contributed by atoms with Crippen molar-refractivity contribution >= 4 is 23.4 Å². The lowest BCUT2D eigenvalue weighted by Gasteiger charge is -2.35. The fraction of sp³-hybridized carbons (Fsp3) is 0.391. The van der Waals surface area contributed by atoms with Crippen molar-refractivity contribution in [3.63, 3.8) is 0 Å². The van der Waals surface area contributed by atoms with Crippen LogP contribution in [0.25, 0.3) is 0 Å². The van der Waals surface area contributed by atoms with Gasteiger partial charge in [-0.2, -0.15) is 0 Å². The third-order valence-electron chi connectivity index (χ3n) is 5.77. The summed E-state index contributed by atoms with van der Waals surface area (Å²) in [5.41, 5.74) is 4.91. The molecule has 0 radical (unpaired) electrons. The third-order valence-corrected chi connectivity index (χ3v) is 6.02.